The fourth-order valence-corrected chi connectivity index (χ4v) is 3.24. The van der Waals surface area contributed by atoms with E-state index in [4.69, 9.17) is 4.74 Å². The number of hydrogen-bond acceptors (Lipinski definition) is 4. The number of aliphatic carboxylic acids is 1. The maximum Gasteiger partial charge on any atom is 0.416 e. The minimum Gasteiger partial charge on any atom is -0.481 e. The van der Waals surface area contributed by atoms with E-state index in [1.807, 2.05) is 0 Å². The number of halogens is 3. The van der Waals surface area contributed by atoms with Crippen LogP contribution < -0.4 is 4.90 Å². The molecule has 22 heavy (non-hydrogen) atoms. The van der Waals surface area contributed by atoms with Gasteiger partial charge in [0.2, 0.25) is 0 Å². The summed E-state index contributed by atoms with van der Waals surface area (Å²) in [5.74, 6) is -1.00. The Morgan fingerprint density at radius 2 is 2.27 bits per heavy atom. The molecule has 2 aliphatic rings. The smallest absolute Gasteiger partial charge is 0.416 e. The number of rotatable bonds is 2. The second-order valence-electron chi connectivity index (χ2n) is 5.76. The van der Waals surface area contributed by atoms with Crippen LogP contribution in [0.5, 0.6) is 0 Å². The first-order chi connectivity index (χ1) is 10.3. The van der Waals surface area contributed by atoms with Gasteiger partial charge in [-0.2, -0.15) is 13.2 Å². The average Bonchev–Trinajstić information content (AvgIpc) is 2.87. The molecule has 3 heterocycles. The third-order valence-corrected chi connectivity index (χ3v) is 4.53. The van der Waals surface area contributed by atoms with E-state index in [0.717, 1.165) is 18.3 Å². The van der Waals surface area contributed by atoms with Crippen molar-refractivity contribution in [2.24, 2.45) is 11.3 Å². The summed E-state index contributed by atoms with van der Waals surface area (Å²) in [5.41, 5.74) is -1.75. The summed E-state index contributed by atoms with van der Waals surface area (Å²) in [6.45, 7) is 1.15. The fraction of sp³-hybridized carbons (Fsp3) is 0.571. The monoisotopic (exact) mass is 316 g/mol. The molecular formula is C14H15F3N2O3. The average molecular weight is 316 g/mol. The molecule has 1 aromatic rings. The highest BCUT2D eigenvalue weighted by Gasteiger charge is 2.54. The number of carbonyl (C=O) groups is 1. The normalized spacial score (nSPS) is 28.5. The standard InChI is InChI=1S/C14H15F3N2O3/c15-14(16,17)9-1-3-18-11(5-9)19-6-10-7-22-4-2-13(10,8-19)12(20)21/h1,3,5,10H,2,4,6-8H2,(H,20,21)/t10-,13+/m1/s1. The van der Waals surface area contributed by atoms with Crippen molar-refractivity contribution in [3.63, 3.8) is 0 Å². The van der Waals surface area contributed by atoms with Gasteiger partial charge in [-0.1, -0.05) is 0 Å². The topological polar surface area (TPSA) is 62.7 Å². The van der Waals surface area contributed by atoms with Crippen molar-refractivity contribution in [1.29, 1.82) is 0 Å². The zero-order chi connectivity index (χ0) is 16.0. The molecule has 0 amide bonds. The van der Waals surface area contributed by atoms with Crippen LogP contribution in [0.25, 0.3) is 0 Å². The van der Waals surface area contributed by atoms with E-state index in [9.17, 15) is 23.1 Å². The predicted octanol–water partition coefficient (Wildman–Crippen LogP) is 2.03. The fourth-order valence-electron chi connectivity index (χ4n) is 3.24. The number of carboxylic acid groups (broad SMARTS) is 1. The van der Waals surface area contributed by atoms with Gasteiger partial charge in [0.1, 0.15) is 5.82 Å². The van der Waals surface area contributed by atoms with E-state index in [1.165, 1.54) is 0 Å². The van der Waals surface area contributed by atoms with E-state index in [1.54, 1.807) is 4.90 Å². The molecule has 0 spiro atoms. The van der Waals surface area contributed by atoms with Crippen LogP contribution in [0.1, 0.15) is 12.0 Å². The molecule has 3 rings (SSSR count). The van der Waals surface area contributed by atoms with Gasteiger partial charge in [-0.05, 0) is 18.6 Å². The van der Waals surface area contributed by atoms with Gasteiger partial charge < -0.3 is 14.7 Å². The number of alkyl halides is 3. The van der Waals surface area contributed by atoms with Crippen LogP contribution in [-0.2, 0) is 15.7 Å². The van der Waals surface area contributed by atoms with E-state index >= 15 is 0 Å². The van der Waals surface area contributed by atoms with Gasteiger partial charge in [-0.3, -0.25) is 4.79 Å². The van der Waals surface area contributed by atoms with Crippen molar-refractivity contribution in [2.45, 2.75) is 12.6 Å². The molecule has 0 bridgehead atoms. The summed E-state index contributed by atoms with van der Waals surface area (Å²) in [5, 5.41) is 9.57. The first-order valence-electron chi connectivity index (χ1n) is 6.92. The molecule has 0 saturated carbocycles. The van der Waals surface area contributed by atoms with Crippen molar-refractivity contribution in [3.8, 4) is 0 Å². The Labute approximate surface area is 124 Å². The quantitative estimate of drug-likeness (QED) is 0.904. The summed E-state index contributed by atoms with van der Waals surface area (Å²) in [6.07, 6.45) is -2.98. The number of hydrogen-bond donors (Lipinski definition) is 1. The summed E-state index contributed by atoms with van der Waals surface area (Å²) < 4.78 is 43.7. The molecule has 1 N–H and O–H groups in total. The van der Waals surface area contributed by atoms with Crippen molar-refractivity contribution >= 4 is 11.8 Å². The maximum absolute atomic E-state index is 12.8. The Hall–Kier alpha value is -1.83. The lowest BCUT2D eigenvalue weighted by Crippen LogP contribution is -2.44. The second kappa shape index (κ2) is 5.12. The molecule has 2 fully saturated rings. The van der Waals surface area contributed by atoms with Gasteiger partial charge in [-0.15, -0.1) is 0 Å². The molecule has 0 aliphatic carbocycles. The SMILES string of the molecule is O=C(O)[C@]12CCOC[C@H]1CN(c1cc(C(F)(F)F)ccn1)C2. The van der Waals surface area contributed by atoms with E-state index in [0.29, 0.717) is 26.2 Å². The third-order valence-electron chi connectivity index (χ3n) is 4.53. The second-order valence-corrected chi connectivity index (χ2v) is 5.76. The van der Waals surface area contributed by atoms with Crippen LogP contribution in [0.4, 0.5) is 19.0 Å². The number of anilines is 1. The van der Waals surface area contributed by atoms with E-state index in [2.05, 4.69) is 4.98 Å². The minimum absolute atomic E-state index is 0.157. The van der Waals surface area contributed by atoms with Gasteiger partial charge in [0.25, 0.3) is 0 Å². The molecule has 1 aromatic heterocycles. The van der Waals surface area contributed by atoms with Crippen LogP contribution in [-0.4, -0.2) is 42.4 Å². The van der Waals surface area contributed by atoms with E-state index < -0.39 is 23.1 Å². The van der Waals surface area contributed by atoms with Crippen molar-refractivity contribution < 1.29 is 27.8 Å². The highest BCUT2D eigenvalue weighted by atomic mass is 19.4. The molecule has 2 saturated heterocycles. The van der Waals surface area contributed by atoms with Gasteiger partial charge in [0.05, 0.1) is 17.6 Å². The Morgan fingerprint density at radius 3 is 2.91 bits per heavy atom. The Bertz CT molecular complexity index is 593. The van der Waals surface area contributed by atoms with Gasteiger partial charge in [0.15, 0.2) is 0 Å². The lowest BCUT2D eigenvalue weighted by Gasteiger charge is -2.33. The molecule has 0 aromatic carbocycles. The Morgan fingerprint density at radius 1 is 1.50 bits per heavy atom. The molecule has 120 valence electrons. The zero-order valence-electron chi connectivity index (χ0n) is 11.6. The van der Waals surface area contributed by atoms with Gasteiger partial charge in [0, 0.05) is 31.8 Å². The Balaban J connectivity index is 1.90. The molecule has 2 atom stereocenters. The highest BCUT2D eigenvalue weighted by molar-refractivity contribution is 5.77. The number of aromatic nitrogens is 1. The lowest BCUT2D eigenvalue weighted by molar-refractivity contribution is -0.157. The maximum atomic E-state index is 12.8. The van der Waals surface area contributed by atoms with Crippen LogP contribution in [0.15, 0.2) is 18.3 Å². The molecule has 8 heteroatoms. The molecular weight excluding hydrogens is 301 g/mol. The molecule has 0 radical (unpaired) electrons. The van der Waals surface area contributed by atoms with Crippen molar-refractivity contribution in [3.05, 3.63) is 23.9 Å². The highest BCUT2D eigenvalue weighted by Crippen LogP contribution is 2.44. The summed E-state index contributed by atoms with van der Waals surface area (Å²) in [4.78, 5) is 17.3. The Kier molecular flexibility index (Phi) is 3.51. The van der Waals surface area contributed by atoms with E-state index in [-0.39, 0.29) is 18.3 Å². The van der Waals surface area contributed by atoms with Crippen LogP contribution in [0.3, 0.4) is 0 Å². The first kappa shape index (κ1) is 15.1. The van der Waals surface area contributed by atoms with Gasteiger partial charge in [-0.25, -0.2) is 4.98 Å². The van der Waals surface area contributed by atoms with Crippen molar-refractivity contribution in [1.82, 2.24) is 4.98 Å². The van der Waals surface area contributed by atoms with Crippen LogP contribution >= 0.6 is 0 Å². The number of carboxylic acids is 1. The summed E-state index contributed by atoms with van der Waals surface area (Å²) >= 11 is 0. The summed E-state index contributed by atoms with van der Waals surface area (Å²) in [7, 11) is 0. The largest absolute Gasteiger partial charge is 0.481 e. The minimum atomic E-state index is -4.45. The number of fused-ring (bicyclic) bond motifs is 1. The number of pyridine rings is 1. The van der Waals surface area contributed by atoms with Crippen molar-refractivity contribution in [2.75, 3.05) is 31.2 Å². The lowest BCUT2D eigenvalue weighted by atomic mass is 9.74. The molecule has 5 nitrogen and oxygen atoms in total. The summed E-state index contributed by atoms with van der Waals surface area (Å²) in [6, 6.07) is 1.87. The predicted molar refractivity (Wildman–Crippen MR) is 70.4 cm³/mol. The molecule has 0 unspecified atom stereocenters. The zero-order valence-corrected chi connectivity index (χ0v) is 11.6. The van der Waals surface area contributed by atoms with Crippen LogP contribution in [0, 0.1) is 11.3 Å². The van der Waals surface area contributed by atoms with Crippen LogP contribution in [0.2, 0.25) is 0 Å². The van der Waals surface area contributed by atoms with Gasteiger partial charge >= 0.3 is 12.1 Å². The first-order valence-corrected chi connectivity index (χ1v) is 6.92. The molecule has 2 aliphatic heterocycles. The number of ether oxygens (including phenoxy) is 1. The third kappa shape index (κ3) is 2.41. The number of nitrogens with zero attached hydrogens (tertiary/aromatic N) is 2.